The molecule has 0 aliphatic rings. The van der Waals surface area contributed by atoms with Crippen LogP contribution in [0.1, 0.15) is 0 Å². The summed E-state index contributed by atoms with van der Waals surface area (Å²) in [7, 11) is 2.67. The average molecular weight is 168 g/mol. The summed E-state index contributed by atoms with van der Waals surface area (Å²) < 4.78 is 22.4. The maximum atomic E-state index is 12.5. The summed E-state index contributed by atoms with van der Waals surface area (Å²) in [6.07, 6.45) is 0. The molecule has 0 unspecified atom stereocenters. The lowest BCUT2D eigenvalue weighted by Crippen LogP contribution is -2.34. The van der Waals surface area contributed by atoms with Gasteiger partial charge in [0.1, 0.15) is 5.82 Å². The van der Waals surface area contributed by atoms with Gasteiger partial charge >= 0.3 is 7.12 Å². The molecule has 0 fully saturated rings. The molecule has 0 amide bonds. The van der Waals surface area contributed by atoms with E-state index < -0.39 is 7.12 Å². The molecular formula is C8H10BFO2. The summed E-state index contributed by atoms with van der Waals surface area (Å²) in [5, 5.41) is 0. The minimum Gasteiger partial charge on any atom is -0.410 e. The quantitative estimate of drug-likeness (QED) is 0.621. The Kier molecular flexibility index (Phi) is 3.25. The molecule has 0 radical (unpaired) electrons. The molecular weight excluding hydrogens is 158 g/mol. The van der Waals surface area contributed by atoms with Crippen molar-refractivity contribution in [2.24, 2.45) is 0 Å². The van der Waals surface area contributed by atoms with Crippen LogP contribution in [-0.4, -0.2) is 21.3 Å². The predicted molar refractivity (Wildman–Crippen MR) is 45.8 cm³/mol. The van der Waals surface area contributed by atoms with Crippen molar-refractivity contribution in [1.29, 1.82) is 0 Å². The minimum absolute atomic E-state index is 0.260. The molecule has 0 saturated carbocycles. The second-order valence-electron chi connectivity index (χ2n) is 2.35. The fraction of sp³-hybridized carbons (Fsp3) is 0.250. The summed E-state index contributed by atoms with van der Waals surface area (Å²) in [6.45, 7) is 0. The summed E-state index contributed by atoms with van der Waals surface area (Å²) in [5.41, 5.74) is 0.807. The number of rotatable bonds is 3. The van der Waals surface area contributed by atoms with Crippen LogP contribution in [0.5, 0.6) is 0 Å². The molecule has 0 aliphatic heterocycles. The van der Waals surface area contributed by atoms with Gasteiger partial charge in [-0.25, -0.2) is 4.39 Å². The normalized spacial score (nSPS) is 9.92. The zero-order valence-electron chi connectivity index (χ0n) is 7.08. The van der Waals surface area contributed by atoms with Gasteiger partial charge in [-0.2, -0.15) is 0 Å². The van der Waals surface area contributed by atoms with Crippen molar-refractivity contribution in [2.45, 2.75) is 0 Å². The highest BCUT2D eigenvalue weighted by molar-refractivity contribution is 6.61. The first-order valence-corrected chi connectivity index (χ1v) is 3.59. The summed E-state index contributed by atoms with van der Waals surface area (Å²) in [4.78, 5) is 0. The number of hydrogen-bond acceptors (Lipinski definition) is 2. The van der Waals surface area contributed by atoms with Crippen LogP contribution in [0.15, 0.2) is 24.3 Å². The van der Waals surface area contributed by atoms with Crippen molar-refractivity contribution >= 4 is 12.6 Å². The summed E-state index contributed by atoms with van der Waals surface area (Å²) in [6, 6.07) is 6.01. The Hall–Kier alpha value is -0.865. The van der Waals surface area contributed by atoms with E-state index in [1.807, 2.05) is 0 Å². The third kappa shape index (κ3) is 2.06. The second kappa shape index (κ2) is 4.23. The van der Waals surface area contributed by atoms with Crippen LogP contribution in [-0.2, 0) is 9.31 Å². The van der Waals surface area contributed by atoms with Crippen molar-refractivity contribution in [2.75, 3.05) is 14.2 Å². The Morgan fingerprint density at radius 3 is 2.00 bits per heavy atom. The Bertz CT molecular complexity index is 233. The number of benzene rings is 1. The van der Waals surface area contributed by atoms with Crippen LogP contribution >= 0.6 is 0 Å². The molecule has 1 aromatic carbocycles. The molecule has 4 heteroatoms. The summed E-state index contributed by atoms with van der Waals surface area (Å²) in [5.74, 6) is -0.260. The first-order valence-electron chi connectivity index (χ1n) is 3.59. The second-order valence-corrected chi connectivity index (χ2v) is 2.35. The van der Waals surface area contributed by atoms with E-state index in [9.17, 15) is 4.39 Å². The van der Waals surface area contributed by atoms with Gasteiger partial charge in [0.15, 0.2) is 0 Å². The topological polar surface area (TPSA) is 18.5 Å². The molecule has 0 bridgehead atoms. The fourth-order valence-corrected chi connectivity index (χ4v) is 0.988. The van der Waals surface area contributed by atoms with E-state index in [4.69, 9.17) is 9.31 Å². The molecule has 0 N–H and O–H groups in total. The van der Waals surface area contributed by atoms with Crippen LogP contribution in [0.2, 0.25) is 0 Å². The first kappa shape index (κ1) is 9.22. The van der Waals surface area contributed by atoms with Gasteiger partial charge in [0.25, 0.3) is 0 Å². The van der Waals surface area contributed by atoms with Crippen molar-refractivity contribution < 1.29 is 13.7 Å². The van der Waals surface area contributed by atoms with Gasteiger partial charge in [-0.15, -0.1) is 0 Å². The van der Waals surface area contributed by atoms with Gasteiger partial charge in [-0.05, 0) is 17.6 Å². The molecule has 0 aliphatic carbocycles. The molecule has 0 heterocycles. The van der Waals surface area contributed by atoms with Crippen LogP contribution < -0.4 is 5.46 Å². The molecule has 0 saturated heterocycles. The SMILES string of the molecule is COB(OC)c1ccc(F)cc1. The molecule has 1 aromatic rings. The van der Waals surface area contributed by atoms with Gasteiger partial charge < -0.3 is 9.31 Å². The maximum absolute atomic E-state index is 12.5. The first-order chi connectivity index (χ1) is 5.77. The maximum Gasteiger partial charge on any atom is 0.493 e. The average Bonchev–Trinajstić information content (AvgIpc) is 2.10. The molecule has 2 nitrogen and oxygen atoms in total. The molecule has 0 atom stereocenters. The third-order valence-electron chi connectivity index (χ3n) is 1.57. The molecule has 1 rings (SSSR count). The largest absolute Gasteiger partial charge is 0.493 e. The minimum atomic E-state index is -0.411. The van der Waals surface area contributed by atoms with Gasteiger partial charge in [0.2, 0.25) is 0 Å². The van der Waals surface area contributed by atoms with Gasteiger partial charge in [-0.3, -0.25) is 0 Å². The monoisotopic (exact) mass is 168 g/mol. The Labute approximate surface area is 71.4 Å². The number of halogens is 1. The van der Waals surface area contributed by atoms with Crippen LogP contribution in [0.3, 0.4) is 0 Å². The lowest BCUT2D eigenvalue weighted by atomic mass is 9.79. The highest BCUT2D eigenvalue weighted by atomic mass is 19.1. The van der Waals surface area contributed by atoms with Crippen molar-refractivity contribution in [3.05, 3.63) is 30.1 Å². The standard InChI is InChI=1S/C8H10BFO2/c1-11-9(12-2)7-3-5-8(10)6-4-7/h3-6H,1-2H3. The Morgan fingerprint density at radius 1 is 1.08 bits per heavy atom. The van der Waals surface area contributed by atoms with E-state index in [0.717, 1.165) is 5.46 Å². The van der Waals surface area contributed by atoms with Crippen molar-refractivity contribution in [3.63, 3.8) is 0 Å². The fourth-order valence-electron chi connectivity index (χ4n) is 0.988. The number of hydrogen-bond donors (Lipinski definition) is 0. The van der Waals surface area contributed by atoms with Crippen LogP contribution in [0.25, 0.3) is 0 Å². The molecule has 12 heavy (non-hydrogen) atoms. The van der Waals surface area contributed by atoms with Gasteiger partial charge in [0.05, 0.1) is 0 Å². The van der Waals surface area contributed by atoms with E-state index >= 15 is 0 Å². The van der Waals surface area contributed by atoms with E-state index in [1.54, 1.807) is 12.1 Å². The predicted octanol–water partition coefficient (Wildman–Crippen LogP) is 0.814. The van der Waals surface area contributed by atoms with Crippen molar-refractivity contribution in [3.8, 4) is 0 Å². The van der Waals surface area contributed by atoms with Crippen LogP contribution in [0, 0.1) is 5.82 Å². The zero-order chi connectivity index (χ0) is 8.97. The smallest absolute Gasteiger partial charge is 0.410 e. The highest BCUT2D eigenvalue weighted by Gasteiger charge is 2.16. The lowest BCUT2D eigenvalue weighted by Gasteiger charge is -2.07. The van der Waals surface area contributed by atoms with Gasteiger partial charge in [-0.1, -0.05) is 12.1 Å². The highest BCUT2D eigenvalue weighted by Crippen LogP contribution is 1.95. The molecule has 0 aromatic heterocycles. The van der Waals surface area contributed by atoms with E-state index in [-0.39, 0.29) is 5.82 Å². The van der Waals surface area contributed by atoms with Crippen LogP contribution in [0.4, 0.5) is 4.39 Å². The van der Waals surface area contributed by atoms with Gasteiger partial charge in [0, 0.05) is 14.2 Å². The van der Waals surface area contributed by atoms with E-state index in [2.05, 4.69) is 0 Å². The van der Waals surface area contributed by atoms with E-state index in [1.165, 1.54) is 26.4 Å². The summed E-state index contributed by atoms with van der Waals surface area (Å²) >= 11 is 0. The zero-order valence-corrected chi connectivity index (χ0v) is 7.08. The Morgan fingerprint density at radius 2 is 1.58 bits per heavy atom. The lowest BCUT2D eigenvalue weighted by molar-refractivity contribution is 0.292. The molecule has 0 spiro atoms. The third-order valence-corrected chi connectivity index (χ3v) is 1.57. The van der Waals surface area contributed by atoms with E-state index in [0.29, 0.717) is 0 Å². The van der Waals surface area contributed by atoms with Crippen molar-refractivity contribution in [1.82, 2.24) is 0 Å². The Balaban J connectivity index is 2.80. The molecule has 64 valence electrons.